The van der Waals surface area contributed by atoms with E-state index in [0.29, 0.717) is 0 Å². The van der Waals surface area contributed by atoms with Crippen LogP contribution in [0.1, 0.15) is 20.3 Å². The number of rotatable bonds is 4. The number of carbonyl (C=O) groups excluding carboxylic acids is 1. The molecule has 0 aliphatic rings. The highest BCUT2D eigenvalue weighted by atomic mass is 32.2. The zero-order chi connectivity index (χ0) is 11.5. The van der Waals surface area contributed by atoms with Crippen LogP contribution in [0.2, 0.25) is 0 Å². The fourth-order valence-electron chi connectivity index (χ4n) is 1.03. The Morgan fingerprint density at radius 3 is 2.67 bits per heavy atom. The van der Waals surface area contributed by atoms with Gasteiger partial charge in [0.1, 0.15) is 4.21 Å². The van der Waals surface area contributed by atoms with E-state index in [2.05, 4.69) is 0 Å². The summed E-state index contributed by atoms with van der Waals surface area (Å²) in [5, 5.41) is 1.65. The van der Waals surface area contributed by atoms with Gasteiger partial charge in [-0.15, -0.1) is 11.3 Å². The molecule has 1 N–H and O–H groups in total. The van der Waals surface area contributed by atoms with E-state index < -0.39 is 15.9 Å². The highest BCUT2D eigenvalue weighted by Gasteiger charge is 2.18. The molecule has 1 aromatic heterocycles. The van der Waals surface area contributed by atoms with Crippen LogP contribution >= 0.6 is 11.3 Å². The third kappa shape index (κ3) is 3.64. The van der Waals surface area contributed by atoms with Crippen molar-refractivity contribution in [1.29, 1.82) is 0 Å². The Hall–Kier alpha value is -0.880. The second-order valence-corrected chi connectivity index (χ2v) is 6.42. The third-order valence-corrected chi connectivity index (χ3v) is 4.37. The fraction of sp³-hybridized carbons (Fsp3) is 0.444. The number of hydrogen-bond donors (Lipinski definition) is 1. The van der Waals surface area contributed by atoms with Crippen molar-refractivity contribution in [3.8, 4) is 0 Å². The van der Waals surface area contributed by atoms with Crippen LogP contribution in [-0.4, -0.2) is 14.3 Å². The molecule has 0 atom stereocenters. The second-order valence-electron chi connectivity index (χ2n) is 3.56. The summed E-state index contributed by atoms with van der Waals surface area (Å²) in [6.45, 7) is 3.72. The van der Waals surface area contributed by atoms with Gasteiger partial charge in [0.25, 0.3) is 10.0 Å². The third-order valence-electron chi connectivity index (χ3n) is 1.60. The highest BCUT2D eigenvalue weighted by Crippen LogP contribution is 2.15. The Labute approximate surface area is 93.4 Å². The van der Waals surface area contributed by atoms with Crippen LogP contribution in [0.15, 0.2) is 21.7 Å². The molecule has 84 valence electrons. The standard InChI is InChI=1S/C9H13NO3S2/c1-7(2)6-8(11)10-15(12,13)9-4-3-5-14-9/h3-5,7H,6H2,1-2H3,(H,10,11). The predicted octanol–water partition coefficient (Wildman–Crippen LogP) is 1.60. The molecule has 1 heterocycles. The summed E-state index contributed by atoms with van der Waals surface area (Å²) in [7, 11) is -3.64. The molecule has 0 spiro atoms. The molecule has 0 saturated carbocycles. The van der Waals surface area contributed by atoms with Crippen LogP contribution in [-0.2, 0) is 14.8 Å². The van der Waals surface area contributed by atoms with Gasteiger partial charge in [-0.05, 0) is 17.4 Å². The van der Waals surface area contributed by atoms with Gasteiger partial charge in [0.2, 0.25) is 5.91 Å². The number of nitrogens with one attached hydrogen (secondary N) is 1. The number of amides is 1. The van der Waals surface area contributed by atoms with Crippen molar-refractivity contribution in [3.63, 3.8) is 0 Å². The lowest BCUT2D eigenvalue weighted by molar-refractivity contribution is -0.120. The predicted molar refractivity (Wildman–Crippen MR) is 59.1 cm³/mol. The van der Waals surface area contributed by atoms with Gasteiger partial charge in [0, 0.05) is 6.42 Å². The van der Waals surface area contributed by atoms with Gasteiger partial charge >= 0.3 is 0 Å². The van der Waals surface area contributed by atoms with Crippen molar-refractivity contribution >= 4 is 27.3 Å². The normalized spacial score (nSPS) is 11.7. The molecular weight excluding hydrogens is 234 g/mol. The van der Waals surface area contributed by atoms with E-state index in [9.17, 15) is 13.2 Å². The van der Waals surface area contributed by atoms with Crippen LogP contribution in [0.4, 0.5) is 0 Å². The van der Waals surface area contributed by atoms with Gasteiger partial charge in [0.15, 0.2) is 0 Å². The molecule has 0 aliphatic heterocycles. The minimum Gasteiger partial charge on any atom is -0.274 e. The molecule has 4 nitrogen and oxygen atoms in total. The molecule has 1 rings (SSSR count). The molecule has 15 heavy (non-hydrogen) atoms. The summed E-state index contributed by atoms with van der Waals surface area (Å²) in [5.74, 6) is -0.318. The Morgan fingerprint density at radius 2 is 2.20 bits per heavy atom. The van der Waals surface area contributed by atoms with Crippen LogP contribution < -0.4 is 4.72 Å². The van der Waals surface area contributed by atoms with Gasteiger partial charge in [0.05, 0.1) is 0 Å². The molecule has 1 aromatic rings. The van der Waals surface area contributed by atoms with Crippen LogP contribution in [0, 0.1) is 5.92 Å². The maximum absolute atomic E-state index is 11.6. The van der Waals surface area contributed by atoms with Crippen LogP contribution in [0.3, 0.4) is 0 Å². The monoisotopic (exact) mass is 247 g/mol. The minimum absolute atomic E-state index is 0.142. The lowest BCUT2D eigenvalue weighted by Crippen LogP contribution is -2.30. The van der Waals surface area contributed by atoms with Crippen molar-refractivity contribution < 1.29 is 13.2 Å². The van der Waals surface area contributed by atoms with Crippen molar-refractivity contribution in [1.82, 2.24) is 4.72 Å². The van der Waals surface area contributed by atoms with E-state index in [-0.39, 0.29) is 16.5 Å². The molecule has 0 saturated heterocycles. The van der Waals surface area contributed by atoms with E-state index in [1.165, 1.54) is 6.07 Å². The number of thiophene rings is 1. The highest BCUT2D eigenvalue weighted by molar-refractivity contribution is 7.92. The molecule has 0 radical (unpaired) electrons. The molecule has 6 heteroatoms. The van der Waals surface area contributed by atoms with Crippen molar-refractivity contribution in [2.24, 2.45) is 5.92 Å². The quantitative estimate of drug-likeness (QED) is 0.879. The number of carbonyl (C=O) groups is 1. The topological polar surface area (TPSA) is 63.2 Å². The van der Waals surface area contributed by atoms with Crippen molar-refractivity contribution in [2.75, 3.05) is 0 Å². The zero-order valence-electron chi connectivity index (χ0n) is 8.56. The Kier molecular flexibility index (Phi) is 3.87. The Balaban J connectivity index is 2.70. The number of hydrogen-bond acceptors (Lipinski definition) is 4. The lowest BCUT2D eigenvalue weighted by atomic mass is 10.1. The average molecular weight is 247 g/mol. The summed E-state index contributed by atoms with van der Waals surface area (Å²) >= 11 is 1.09. The van der Waals surface area contributed by atoms with Crippen LogP contribution in [0.25, 0.3) is 0 Å². The zero-order valence-corrected chi connectivity index (χ0v) is 10.2. The van der Waals surface area contributed by atoms with E-state index in [1.807, 2.05) is 18.6 Å². The molecule has 0 aliphatic carbocycles. The van der Waals surface area contributed by atoms with E-state index in [0.717, 1.165) is 11.3 Å². The smallest absolute Gasteiger partial charge is 0.273 e. The van der Waals surface area contributed by atoms with Gasteiger partial charge in [-0.2, -0.15) is 0 Å². The van der Waals surface area contributed by atoms with Gasteiger partial charge in [-0.25, -0.2) is 13.1 Å². The first-order valence-electron chi connectivity index (χ1n) is 4.51. The first-order valence-corrected chi connectivity index (χ1v) is 6.87. The van der Waals surface area contributed by atoms with Crippen molar-refractivity contribution in [3.05, 3.63) is 17.5 Å². The van der Waals surface area contributed by atoms with Gasteiger partial charge in [-0.1, -0.05) is 19.9 Å². The van der Waals surface area contributed by atoms with Gasteiger partial charge in [-0.3, -0.25) is 4.79 Å². The molecule has 0 aromatic carbocycles. The summed E-state index contributed by atoms with van der Waals surface area (Å²) in [4.78, 5) is 11.3. The summed E-state index contributed by atoms with van der Waals surface area (Å²) < 4.78 is 25.3. The average Bonchev–Trinajstić information content (AvgIpc) is 2.51. The molecular formula is C9H13NO3S2. The first kappa shape index (κ1) is 12.2. The second kappa shape index (κ2) is 4.76. The minimum atomic E-state index is -3.64. The summed E-state index contributed by atoms with van der Waals surface area (Å²) in [5.41, 5.74) is 0. The lowest BCUT2D eigenvalue weighted by Gasteiger charge is -2.06. The summed E-state index contributed by atoms with van der Waals surface area (Å²) in [6.07, 6.45) is 0.213. The van der Waals surface area contributed by atoms with Crippen molar-refractivity contribution in [2.45, 2.75) is 24.5 Å². The first-order chi connectivity index (χ1) is 6.92. The summed E-state index contributed by atoms with van der Waals surface area (Å²) in [6, 6.07) is 3.10. The van der Waals surface area contributed by atoms with Crippen LogP contribution in [0.5, 0.6) is 0 Å². The maximum atomic E-state index is 11.6. The molecule has 0 fully saturated rings. The van der Waals surface area contributed by atoms with Gasteiger partial charge < -0.3 is 0 Å². The fourth-order valence-corrected chi connectivity index (χ4v) is 3.02. The number of sulfonamides is 1. The molecule has 0 bridgehead atoms. The molecule has 0 unspecified atom stereocenters. The van der Waals surface area contributed by atoms with E-state index in [4.69, 9.17) is 0 Å². The maximum Gasteiger partial charge on any atom is 0.273 e. The molecule has 1 amide bonds. The Morgan fingerprint density at radius 1 is 1.53 bits per heavy atom. The Bertz CT molecular complexity index is 420. The van der Waals surface area contributed by atoms with E-state index in [1.54, 1.807) is 11.4 Å². The largest absolute Gasteiger partial charge is 0.274 e. The van der Waals surface area contributed by atoms with E-state index >= 15 is 0 Å². The SMILES string of the molecule is CC(C)CC(=O)NS(=O)(=O)c1cccs1.